The second-order valence-electron chi connectivity index (χ2n) is 4.81. The first-order valence-electron chi connectivity index (χ1n) is 6.10. The largest absolute Gasteiger partial charge is 0.480 e. The molecule has 1 heterocycles. The Morgan fingerprint density at radius 3 is 2.63 bits per heavy atom. The van der Waals surface area contributed by atoms with Crippen LogP contribution < -0.4 is 5.32 Å². The molecule has 1 amide bonds. The lowest BCUT2D eigenvalue weighted by molar-refractivity contribution is -0.140. The third kappa shape index (κ3) is 2.76. The van der Waals surface area contributed by atoms with Crippen molar-refractivity contribution in [1.29, 1.82) is 0 Å². The quantitative estimate of drug-likeness (QED) is 0.786. The van der Waals surface area contributed by atoms with Crippen LogP contribution in [0.15, 0.2) is 30.5 Å². The number of carbonyl (C=O) groups excluding carboxylic acids is 1. The van der Waals surface area contributed by atoms with Gasteiger partial charge in [0.1, 0.15) is 6.04 Å². The number of rotatable bonds is 4. The molecule has 0 aliphatic rings. The summed E-state index contributed by atoms with van der Waals surface area (Å²) in [6.45, 7) is 3.52. The Morgan fingerprint density at radius 1 is 1.26 bits per heavy atom. The van der Waals surface area contributed by atoms with E-state index in [0.29, 0.717) is 5.56 Å². The number of carbonyl (C=O) groups is 2. The smallest absolute Gasteiger partial charge is 0.326 e. The summed E-state index contributed by atoms with van der Waals surface area (Å²) < 4.78 is 0. The van der Waals surface area contributed by atoms with E-state index in [-0.39, 0.29) is 11.8 Å². The zero-order valence-corrected chi connectivity index (χ0v) is 10.8. The van der Waals surface area contributed by atoms with Gasteiger partial charge in [0.2, 0.25) is 0 Å². The van der Waals surface area contributed by atoms with Crippen molar-refractivity contribution >= 4 is 22.8 Å². The van der Waals surface area contributed by atoms with Gasteiger partial charge in [0.05, 0.1) is 0 Å². The topological polar surface area (TPSA) is 82.2 Å². The van der Waals surface area contributed by atoms with E-state index in [1.165, 1.54) is 0 Å². The average Bonchev–Trinajstić information content (AvgIpc) is 2.81. The lowest BCUT2D eigenvalue weighted by Gasteiger charge is -2.17. The van der Waals surface area contributed by atoms with Crippen molar-refractivity contribution in [1.82, 2.24) is 10.3 Å². The van der Waals surface area contributed by atoms with E-state index in [1.54, 1.807) is 38.2 Å². The summed E-state index contributed by atoms with van der Waals surface area (Å²) in [5.74, 6) is -1.56. The second-order valence-corrected chi connectivity index (χ2v) is 4.81. The molecule has 0 bridgehead atoms. The van der Waals surface area contributed by atoms with Crippen LogP contribution in [0.1, 0.15) is 24.2 Å². The highest BCUT2D eigenvalue weighted by Crippen LogP contribution is 2.14. The number of benzene rings is 1. The Balaban J connectivity index is 2.21. The van der Waals surface area contributed by atoms with Crippen molar-refractivity contribution in [2.75, 3.05) is 0 Å². The van der Waals surface area contributed by atoms with Crippen LogP contribution in [0.2, 0.25) is 0 Å². The zero-order valence-electron chi connectivity index (χ0n) is 10.8. The summed E-state index contributed by atoms with van der Waals surface area (Å²) in [5.41, 5.74) is 1.40. The molecule has 1 aromatic heterocycles. The average molecular weight is 260 g/mol. The van der Waals surface area contributed by atoms with Crippen LogP contribution >= 0.6 is 0 Å². The lowest BCUT2D eigenvalue weighted by atomic mass is 10.0. The van der Waals surface area contributed by atoms with E-state index in [0.717, 1.165) is 10.9 Å². The van der Waals surface area contributed by atoms with E-state index < -0.39 is 12.0 Å². The summed E-state index contributed by atoms with van der Waals surface area (Å²) in [7, 11) is 0. The maximum atomic E-state index is 12.0. The summed E-state index contributed by atoms with van der Waals surface area (Å²) in [5, 5.41) is 12.5. The van der Waals surface area contributed by atoms with Gasteiger partial charge in [0, 0.05) is 22.7 Å². The molecule has 0 aliphatic carbocycles. The lowest BCUT2D eigenvalue weighted by Crippen LogP contribution is -2.44. The van der Waals surface area contributed by atoms with Gasteiger partial charge < -0.3 is 15.4 Å². The van der Waals surface area contributed by atoms with E-state index in [1.807, 2.05) is 6.07 Å². The molecule has 3 N–H and O–H groups in total. The molecule has 100 valence electrons. The predicted octanol–water partition coefficient (Wildman–Crippen LogP) is 2.01. The predicted molar refractivity (Wildman–Crippen MR) is 72.0 cm³/mol. The SMILES string of the molecule is CC(C)[C@H](NC(=O)c1ccc2[nH]ccc2c1)C(=O)O. The molecule has 0 spiro atoms. The van der Waals surface area contributed by atoms with Gasteiger partial charge in [-0.25, -0.2) is 4.79 Å². The van der Waals surface area contributed by atoms with E-state index in [9.17, 15) is 9.59 Å². The minimum atomic E-state index is -1.02. The molecule has 2 rings (SSSR count). The van der Waals surface area contributed by atoms with Crippen LogP contribution in [0.25, 0.3) is 10.9 Å². The molecule has 19 heavy (non-hydrogen) atoms. The molecule has 1 atom stereocenters. The van der Waals surface area contributed by atoms with Crippen LogP contribution in [-0.4, -0.2) is 28.0 Å². The van der Waals surface area contributed by atoms with Gasteiger partial charge >= 0.3 is 5.97 Å². The number of aliphatic carboxylic acids is 1. The van der Waals surface area contributed by atoms with Crippen molar-refractivity contribution < 1.29 is 14.7 Å². The standard InChI is InChI=1S/C14H16N2O3/c1-8(2)12(14(18)19)16-13(17)10-3-4-11-9(7-10)5-6-15-11/h3-8,12,15H,1-2H3,(H,16,17)(H,18,19)/t12-/m0/s1. The first-order chi connectivity index (χ1) is 8.99. The molecule has 0 saturated carbocycles. The number of amides is 1. The number of hydrogen-bond acceptors (Lipinski definition) is 2. The third-order valence-corrected chi connectivity index (χ3v) is 3.03. The van der Waals surface area contributed by atoms with Crippen LogP contribution in [0, 0.1) is 5.92 Å². The van der Waals surface area contributed by atoms with E-state index >= 15 is 0 Å². The minimum absolute atomic E-state index is 0.169. The fraction of sp³-hybridized carbons (Fsp3) is 0.286. The number of aromatic nitrogens is 1. The number of carboxylic acid groups (broad SMARTS) is 1. The first-order valence-corrected chi connectivity index (χ1v) is 6.10. The molecule has 0 unspecified atom stereocenters. The molecule has 2 aromatic rings. The fourth-order valence-corrected chi connectivity index (χ4v) is 1.93. The van der Waals surface area contributed by atoms with Crippen LogP contribution in [0.3, 0.4) is 0 Å². The van der Waals surface area contributed by atoms with Crippen molar-refractivity contribution in [2.45, 2.75) is 19.9 Å². The molecular weight excluding hydrogens is 244 g/mol. The van der Waals surface area contributed by atoms with E-state index in [4.69, 9.17) is 5.11 Å². The molecule has 0 fully saturated rings. The van der Waals surface area contributed by atoms with Crippen LogP contribution in [0.5, 0.6) is 0 Å². The molecule has 1 aromatic carbocycles. The molecule has 0 radical (unpaired) electrons. The highest BCUT2D eigenvalue weighted by atomic mass is 16.4. The van der Waals surface area contributed by atoms with Gasteiger partial charge in [-0.05, 0) is 30.2 Å². The third-order valence-electron chi connectivity index (χ3n) is 3.03. The number of nitrogens with one attached hydrogen (secondary N) is 2. The van der Waals surface area contributed by atoms with Crippen LogP contribution in [0.4, 0.5) is 0 Å². The van der Waals surface area contributed by atoms with Gasteiger partial charge in [0.25, 0.3) is 5.91 Å². The first kappa shape index (κ1) is 13.1. The van der Waals surface area contributed by atoms with Crippen LogP contribution in [-0.2, 0) is 4.79 Å². The van der Waals surface area contributed by atoms with Gasteiger partial charge in [0.15, 0.2) is 0 Å². The Morgan fingerprint density at radius 2 is 2.00 bits per heavy atom. The Kier molecular flexibility index (Phi) is 3.55. The van der Waals surface area contributed by atoms with E-state index in [2.05, 4.69) is 10.3 Å². The summed E-state index contributed by atoms with van der Waals surface area (Å²) >= 11 is 0. The summed E-state index contributed by atoms with van der Waals surface area (Å²) in [6, 6.07) is 6.20. The number of hydrogen-bond donors (Lipinski definition) is 3. The zero-order chi connectivity index (χ0) is 14.0. The fourth-order valence-electron chi connectivity index (χ4n) is 1.93. The Hall–Kier alpha value is -2.30. The van der Waals surface area contributed by atoms with Gasteiger partial charge in [-0.2, -0.15) is 0 Å². The van der Waals surface area contributed by atoms with Gasteiger partial charge in [-0.1, -0.05) is 13.8 Å². The number of fused-ring (bicyclic) bond motifs is 1. The number of carboxylic acids is 1. The van der Waals surface area contributed by atoms with Gasteiger partial charge in [-0.15, -0.1) is 0 Å². The maximum Gasteiger partial charge on any atom is 0.326 e. The molecular formula is C14H16N2O3. The molecule has 5 heteroatoms. The Labute approximate surface area is 110 Å². The normalized spacial score (nSPS) is 12.6. The summed E-state index contributed by atoms with van der Waals surface area (Å²) in [6.07, 6.45) is 1.79. The van der Waals surface area contributed by atoms with Crippen molar-refractivity contribution in [2.24, 2.45) is 5.92 Å². The minimum Gasteiger partial charge on any atom is -0.480 e. The summed E-state index contributed by atoms with van der Waals surface area (Å²) in [4.78, 5) is 26.1. The number of H-pyrrole nitrogens is 1. The Bertz CT molecular complexity index is 616. The monoisotopic (exact) mass is 260 g/mol. The van der Waals surface area contributed by atoms with Crippen molar-refractivity contribution in [3.8, 4) is 0 Å². The van der Waals surface area contributed by atoms with Gasteiger partial charge in [-0.3, -0.25) is 4.79 Å². The number of aromatic amines is 1. The molecule has 5 nitrogen and oxygen atoms in total. The highest BCUT2D eigenvalue weighted by molar-refractivity contribution is 5.99. The molecule has 0 saturated heterocycles. The molecule has 0 aliphatic heterocycles. The van der Waals surface area contributed by atoms with Crippen molar-refractivity contribution in [3.05, 3.63) is 36.0 Å². The second kappa shape index (κ2) is 5.14. The maximum absolute atomic E-state index is 12.0. The van der Waals surface area contributed by atoms with Crippen molar-refractivity contribution in [3.63, 3.8) is 0 Å². The highest BCUT2D eigenvalue weighted by Gasteiger charge is 2.23.